The summed E-state index contributed by atoms with van der Waals surface area (Å²) in [4.78, 5) is 19.6. The Balaban J connectivity index is 0. The molecule has 0 heterocycles. The van der Waals surface area contributed by atoms with E-state index in [1.165, 1.54) is 13.8 Å². The van der Waals surface area contributed by atoms with Crippen molar-refractivity contribution in [2.24, 2.45) is 0 Å². The molecule has 0 aromatic heterocycles. The third kappa shape index (κ3) is 6.98. The molecule has 0 aliphatic carbocycles. The molecular formula is C4H7KO2. The van der Waals surface area contributed by atoms with E-state index in [-0.39, 0.29) is 63.0 Å². The molecule has 0 rings (SSSR count). The van der Waals surface area contributed by atoms with Gasteiger partial charge in [-0.25, -0.2) is 0 Å². The van der Waals surface area contributed by atoms with Crippen molar-refractivity contribution >= 4 is 63.0 Å². The van der Waals surface area contributed by atoms with Crippen LogP contribution >= 0.6 is 0 Å². The van der Waals surface area contributed by atoms with E-state index in [0.29, 0.717) is 0 Å². The Labute approximate surface area is 85.1 Å². The van der Waals surface area contributed by atoms with E-state index in [1.54, 1.807) is 0 Å². The summed E-state index contributed by atoms with van der Waals surface area (Å²) >= 11 is 0. The van der Waals surface area contributed by atoms with Crippen LogP contribution in [0, 0.1) is 0 Å². The number of ketones is 2. The molecule has 0 spiro atoms. The molecule has 2 nitrogen and oxygen atoms in total. The molecule has 0 aliphatic rings. The first-order valence-corrected chi connectivity index (χ1v) is 1.66. The van der Waals surface area contributed by atoms with Gasteiger partial charge in [0.25, 0.3) is 0 Å². The van der Waals surface area contributed by atoms with Crippen LogP contribution in [0.3, 0.4) is 0 Å². The maximum absolute atomic E-state index is 9.79. The fraction of sp³-hybridized carbons (Fsp3) is 0.500. The average Bonchev–Trinajstić information content (AvgIpc) is 1.36. The monoisotopic (exact) mass is 126 g/mol. The van der Waals surface area contributed by atoms with Crippen molar-refractivity contribution in [2.75, 3.05) is 0 Å². The number of hydrogen-bond acceptors (Lipinski definition) is 2. The average molecular weight is 126 g/mol. The van der Waals surface area contributed by atoms with Crippen molar-refractivity contribution in [1.29, 1.82) is 0 Å². The van der Waals surface area contributed by atoms with E-state index in [9.17, 15) is 9.59 Å². The molecule has 0 aliphatic heterocycles. The number of carbonyl (C=O) groups excluding carboxylic acids is 2. The van der Waals surface area contributed by atoms with E-state index >= 15 is 0 Å². The molecule has 0 bridgehead atoms. The van der Waals surface area contributed by atoms with Gasteiger partial charge in [-0.15, -0.1) is 0 Å². The van der Waals surface area contributed by atoms with Crippen LogP contribution in [0.4, 0.5) is 0 Å². The van der Waals surface area contributed by atoms with Gasteiger partial charge in [-0.3, -0.25) is 9.59 Å². The summed E-state index contributed by atoms with van der Waals surface area (Å²) in [6.45, 7) is 2.50. The Kier molecular flexibility index (Phi) is 7.95. The van der Waals surface area contributed by atoms with Crippen LogP contribution in [-0.4, -0.2) is 63.0 Å². The fourth-order valence-corrected chi connectivity index (χ4v) is 0. The Bertz CT molecular complexity index is 75.7. The topological polar surface area (TPSA) is 34.1 Å². The third-order valence-electron chi connectivity index (χ3n) is 0.496. The van der Waals surface area contributed by atoms with Gasteiger partial charge >= 0.3 is 51.4 Å². The van der Waals surface area contributed by atoms with Gasteiger partial charge in [0.05, 0.1) is 0 Å². The second-order valence-electron chi connectivity index (χ2n) is 1.11. The fourth-order valence-electron chi connectivity index (χ4n) is 0. The van der Waals surface area contributed by atoms with Crippen LogP contribution in [0.25, 0.3) is 0 Å². The van der Waals surface area contributed by atoms with Crippen molar-refractivity contribution in [1.82, 2.24) is 0 Å². The van der Waals surface area contributed by atoms with Gasteiger partial charge in [0, 0.05) is 13.8 Å². The zero-order valence-electron chi connectivity index (χ0n) is 3.82. The van der Waals surface area contributed by atoms with Crippen molar-refractivity contribution in [3.8, 4) is 0 Å². The normalized spacial score (nSPS) is 6.57. The number of hydrogen-bond donors (Lipinski definition) is 0. The van der Waals surface area contributed by atoms with Crippen LogP contribution in [0.15, 0.2) is 0 Å². The zero-order valence-corrected chi connectivity index (χ0v) is 3.82. The summed E-state index contributed by atoms with van der Waals surface area (Å²) in [5.41, 5.74) is 0. The van der Waals surface area contributed by atoms with Gasteiger partial charge in [0.1, 0.15) is 0 Å². The predicted octanol–water partition coefficient (Wildman–Crippen LogP) is -0.484. The van der Waals surface area contributed by atoms with E-state index in [4.69, 9.17) is 0 Å². The Hall–Kier alpha value is 0.976. The summed E-state index contributed by atoms with van der Waals surface area (Å²) < 4.78 is 0. The van der Waals surface area contributed by atoms with Crippen LogP contribution in [0.1, 0.15) is 13.8 Å². The molecule has 0 amide bonds. The van der Waals surface area contributed by atoms with Crippen molar-refractivity contribution in [3.63, 3.8) is 0 Å². The molecule has 0 aromatic carbocycles. The summed E-state index contributed by atoms with van der Waals surface area (Å²) in [7, 11) is 0. The second-order valence-corrected chi connectivity index (χ2v) is 1.11. The van der Waals surface area contributed by atoms with Gasteiger partial charge < -0.3 is 0 Å². The van der Waals surface area contributed by atoms with Gasteiger partial charge in [-0.05, 0) is 0 Å². The Morgan fingerprint density at radius 2 is 1.14 bits per heavy atom. The molecule has 3 heteroatoms. The van der Waals surface area contributed by atoms with Crippen LogP contribution < -0.4 is 0 Å². The second kappa shape index (κ2) is 5.12. The molecule has 0 saturated heterocycles. The summed E-state index contributed by atoms with van der Waals surface area (Å²) in [6, 6.07) is 0. The van der Waals surface area contributed by atoms with Gasteiger partial charge in [-0.2, -0.15) is 0 Å². The van der Waals surface area contributed by atoms with Crippen LogP contribution in [0.2, 0.25) is 0 Å². The minimum absolute atomic E-state index is 0. The molecule has 36 valence electrons. The first kappa shape index (κ1) is 10.9. The van der Waals surface area contributed by atoms with E-state index < -0.39 is 0 Å². The molecular weight excluding hydrogens is 119 g/mol. The molecule has 0 fully saturated rings. The standard InChI is InChI=1S/C4H6O2.K.H/c1-3(5)4(2)6;;/h1-2H3;;. The zero-order chi connectivity index (χ0) is 5.15. The number of Topliss-reactive ketones (excluding diaryl/α,β-unsaturated/α-hetero) is 2. The Morgan fingerprint density at radius 3 is 1.14 bits per heavy atom. The number of carbonyl (C=O) groups is 2. The van der Waals surface area contributed by atoms with Crippen LogP contribution in [0.5, 0.6) is 0 Å². The van der Waals surface area contributed by atoms with E-state index in [1.807, 2.05) is 0 Å². The van der Waals surface area contributed by atoms with E-state index in [2.05, 4.69) is 0 Å². The van der Waals surface area contributed by atoms with Gasteiger partial charge in [0.2, 0.25) is 0 Å². The molecule has 0 atom stereocenters. The van der Waals surface area contributed by atoms with Crippen molar-refractivity contribution < 1.29 is 9.59 Å². The molecule has 0 unspecified atom stereocenters. The third-order valence-corrected chi connectivity index (χ3v) is 0.496. The first-order chi connectivity index (χ1) is 2.64. The predicted molar refractivity (Wildman–Crippen MR) is 28.5 cm³/mol. The molecule has 0 aromatic rings. The summed E-state index contributed by atoms with van der Waals surface area (Å²) in [6.07, 6.45) is 0. The molecule has 0 radical (unpaired) electrons. The molecule has 7 heavy (non-hydrogen) atoms. The van der Waals surface area contributed by atoms with Gasteiger partial charge in [0.15, 0.2) is 11.6 Å². The summed E-state index contributed by atoms with van der Waals surface area (Å²) in [5.74, 6) is -0.759. The van der Waals surface area contributed by atoms with Crippen molar-refractivity contribution in [3.05, 3.63) is 0 Å². The van der Waals surface area contributed by atoms with Crippen LogP contribution in [-0.2, 0) is 9.59 Å². The minimum atomic E-state index is -0.380. The molecule has 0 saturated carbocycles. The quantitative estimate of drug-likeness (QED) is 0.351. The maximum atomic E-state index is 9.79. The first-order valence-electron chi connectivity index (χ1n) is 1.66. The van der Waals surface area contributed by atoms with Gasteiger partial charge in [-0.1, -0.05) is 0 Å². The Morgan fingerprint density at radius 1 is 1.00 bits per heavy atom. The summed E-state index contributed by atoms with van der Waals surface area (Å²) in [5, 5.41) is 0. The van der Waals surface area contributed by atoms with Crippen molar-refractivity contribution in [2.45, 2.75) is 13.8 Å². The molecule has 0 N–H and O–H groups in total. The van der Waals surface area contributed by atoms with E-state index in [0.717, 1.165) is 0 Å². The number of rotatable bonds is 1. The SMILES string of the molecule is CC(=O)C(C)=O.[KH].